The van der Waals surface area contributed by atoms with Crippen LogP contribution in [-0.4, -0.2) is 25.6 Å². The highest BCUT2D eigenvalue weighted by atomic mass is 32.2. The van der Waals surface area contributed by atoms with Gasteiger partial charge in [-0.15, -0.1) is 0 Å². The summed E-state index contributed by atoms with van der Waals surface area (Å²) in [7, 11) is -3.11. The number of hydrogen-bond donors (Lipinski definition) is 0. The van der Waals surface area contributed by atoms with Crippen LogP contribution in [0.5, 0.6) is 0 Å². The van der Waals surface area contributed by atoms with Crippen molar-refractivity contribution in [2.45, 2.75) is 12.4 Å². The molecule has 0 radical (unpaired) electrons. The van der Waals surface area contributed by atoms with Gasteiger partial charge in [-0.25, -0.2) is 18.2 Å². The van der Waals surface area contributed by atoms with Crippen LogP contribution in [0.1, 0.15) is 21.8 Å². The van der Waals surface area contributed by atoms with E-state index in [1.807, 2.05) is 30.3 Å². The van der Waals surface area contributed by atoms with E-state index in [1.165, 1.54) is 12.1 Å². The van der Waals surface area contributed by atoms with Crippen molar-refractivity contribution in [1.82, 2.24) is 4.98 Å². The Hall–Kier alpha value is -2.93. The number of ether oxygens (including phenoxy) is 1. The molecule has 0 amide bonds. The van der Waals surface area contributed by atoms with Gasteiger partial charge in [0.15, 0.2) is 22.2 Å². The van der Waals surface area contributed by atoms with Gasteiger partial charge in [-0.3, -0.25) is 0 Å². The van der Waals surface area contributed by atoms with E-state index in [-0.39, 0.29) is 12.4 Å². The van der Waals surface area contributed by atoms with Crippen LogP contribution < -0.4 is 0 Å². The zero-order valence-electron chi connectivity index (χ0n) is 14.1. The standard InChI is InChI=1S/C19H17NO5S/c1-26(22,23)13-14-7-9-16(10-8-14)19(21)24-12-18-20-11-17(25-18)15-5-3-2-4-6-15/h2-11H,12-13H2,1H3. The minimum atomic E-state index is -3.11. The van der Waals surface area contributed by atoms with Gasteiger partial charge in [0.2, 0.25) is 5.89 Å². The summed E-state index contributed by atoms with van der Waals surface area (Å²) in [5.74, 6) is 0.295. The fourth-order valence-electron chi connectivity index (χ4n) is 2.36. The third kappa shape index (κ3) is 4.80. The first-order valence-electron chi connectivity index (χ1n) is 7.85. The molecule has 0 aliphatic heterocycles. The van der Waals surface area contributed by atoms with Crippen molar-refractivity contribution in [3.63, 3.8) is 0 Å². The number of aromatic nitrogens is 1. The molecule has 0 saturated heterocycles. The molecule has 1 heterocycles. The molecule has 0 aliphatic rings. The Kier molecular flexibility index (Phi) is 5.18. The maximum Gasteiger partial charge on any atom is 0.338 e. The number of hydrogen-bond acceptors (Lipinski definition) is 6. The first-order chi connectivity index (χ1) is 12.4. The number of oxazole rings is 1. The van der Waals surface area contributed by atoms with Gasteiger partial charge in [-0.05, 0) is 17.7 Å². The molecule has 0 spiro atoms. The Balaban J connectivity index is 1.60. The summed E-state index contributed by atoms with van der Waals surface area (Å²) in [5.41, 5.74) is 1.83. The molecule has 0 aliphatic carbocycles. The summed E-state index contributed by atoms with van der Waals surface area (Å²) in [6, 6.07) is 15.7. The van der Waals surface area contributed by atoms with Crippen LogP contribution in [0.15, 0.2) is 65.2 Å². The Labute approximate surface area is 151 Å². The summed E-state index contributed by atoms with van der Waals surface area (Å²) < 4.78 is 33.3. The van der Waals surface area contributed by atoms with Gasteiger partial charge in [-0.2, -0.15) is 0 Å². The molecule has 1 aromatic heterocycles. The van der Waals surface area contributed by atoms with Gasteiger partial charge in [-0.1, -0.05) is 42.5 Å². The van der Waals surface area contributed by atoms with Gasteiger partial charge >= 0.3 is 5.97 Å². The predicted octanol–water partition coefficient (Wildman–Crippen LogP) is 3.24. The zero-order chi connectivity index (χ0) is 18.6. The Morgan fingerprint density at radius 3 is 2.42 bits per heavy atom. The van der Waals surface area contributed by atoms with Crippen molar-refractivity contribution < 1.29 is 22.4 Å². The quantitative estimate of drug-likeness (QED) is 0.618. The predicted molar refractivity (Wildman–Crippen MR) is 96.0 cm³/mol. The minimum Gasteiger partial charge on any atom is -0.452 e. The summed E-state index contributed by atoms with van der Waals surface area (Å²) in [6.45, 7) is -0.0866. The van der Waals surface area contributed by atoms with E-state index in [1.54, 1.807) is 18.3 Å². The molecule has 2 aromatic carbocycles. The number of rotatable bonds is 6. The molecule has 0 bridgehead atoms. The van der Waals surface area contributed by atoms with Gasteiger partial charge in [0, 0.05) is 11.8 Å². The smallest absolute Gasteiger partial charge is 0.338 e. The first kappa shape index (κ1) is 17.9. The Morgan fingerprint density at radius 1 is 1.08 bits per heavy atom. The molecule has 0 fully saturated rings. The fraction of sp³-hybridized carbons (Fsp3) is 0.158. The second-order valence-corrected chi connectivity index (χ2v) is 7.97. The lowest BCUT2D eigenvalue weighted by Gasteiger charge is -2.04. The third-order valence-corrected chi connectivity index (χ3v) is 4.41. The van der Waals surface area contributed by atoms with Crippen LogP contribution in [0.4, 0.5) is 0 Å². The lowest BCUT2D eigenvalue weighted by atomic mass is 10.1. The van der Waals surface area contributed by atoms with Crippen molar-refractivity contribution in [3.8, 4) is 11.3 Å². The highest BCUT2D eigenvalue weighted by Gasteiger charge is 2.12. The first-order valence-corrected chi connectivity index (χ1v) is 9.91. The minimum absolute atomic E-state index is 0.0685. The van der Waals surface area contributed by atoms with Crippen LogP contribution in [-0.2, 0) is 26.9 Å². The summed E-state index contributed by atoms with van der Waals surface area (Å²) in [4.78, 5) is 16.2. The molecule has 3 rings (SSSR count). The van der Waals surface area contributed by atoms with E-state index in [0.29, 0.717) is 22.8 Å². The maximum atomic E-state index is 12.1. The molecular formula is C19H17NO5S. The topological polar surface area (TPSA) is 86.5 Å². The average Bonchev–Trinajstić information content (AvgIpc) is 3.09. The number of sulfone groups is 1. The summed E-state index contributed by atoms with van der Waals surface area (Å²) >= 11 is 0. The van der Waals surface area contributed by atoms with Crippen molar-refractivity contribution in [3.05, 3.63) is 77.8 Å². The second-order valence-electron chi connectivity index (χ2n) is 5.83. The van der Waals surface area contributed by atoms with Crippen molar-refractivity contribution in [2.75, 3.05) is 6.26 Å². The maximum absolute atomic E-state index is 12.1. The molecule has 0 N–H and O–H groups in total. The van der Waals surface area contributed by atoms with Crippen LogP contribution >= 0.6 is 0 Å². The molecule has 0 saturated carbocycles. The van der Waals surface area contributed by atoms with Crippen LogP contribution in [0.3, 0.4) is 0 Å². The number of nitrogens with zero attached hydrogens (tertiary/aromatic N) is 1. The molecule has 7 heteroatoms. The number of esters is 1. The number of benzene rings is 2. The summed E-state index contributed by atoms with van der Waals surface area (Å²) in [5, 5.41) is 0. The SMILES string of the molecule is CS(=O)(=O)Cc1ccc(C(=O)OCc2ncc(-c3ccccc3)o2)cc1. The lowest BCUT2D eigenvalue weighted by molar-refractivity contribution is 0.0439. The molecule has 3 aromatic rings. The molecule has 26 heavy (non-hydrogen) atoms. The zero-order valence-corrected chi connectivity index (χ0v) is 14.9. The van der Waals surface area contributed by atoms with Crippen molar-refractivity contribution in [2.24, 2.45) is 0 Å². The molecular weight excluding hydrogens is 354 g/mol. The van der Waals surface area contributed by atoms with Crippen LogP contribution in [0.2, 0.25) is 0 Å². The highest BCUT2D eigenvalue weighted by molar-refractivity contribution is 7.89. The largest absolute Gasteiger partial charge is 0.452 e. The number of carbonyl (C=O) groups excluding carboxylic acids is 1. The van der Waals surface area contributed by atoms with E-state index < -0.39 is 15.8 Å². The highest BCUT2D eigenvalue weighted by Crippen LogP contribution is 2.20. The van der Waals surface area contributed by atoms with Gasteiger partial charge in [0.1, 0.15) is 0 Å². The van der Waals surface area contributed by atoms with Gasteiger partial charge in [0.25, 0.3) is 0 Å². The van der Waals surface area contributed by atoms with Crippen molar-refractivity contribution in [1.29, 1.82) is 0 Å². The number of carbonyl (C=O) groups is 1. The second kappa shape index (κ2) is 7.53. The van der Waals surface area contributed by atoms with Crippen LogP contribution in [0.25, 0.3) is 11.3 Å². The van der Waals surface area contributed by atoms with Crippen LogP contribution in [0, 0.1) is 0 Å². The van der Waals surface area contributed by atoms with Gasteiger partial charge < -0.3 is 9.15 Å². The Morgan fingerprint density at radius 2 is 1.77 bits per heavy atom. The van der Waals surface area contributed by atoms with E-state index in [0.717, 1.165) is 11.8 Å². The molecule has 0 unspecified atom stereocenters. The normalized spacial score (nSPS) is 11.3. The average molecular weight is 371 g/mol. The van der Waals surface area contributed by atoms with Crippen molar-refractivity contribution >= 4 is 15.8 Å². The monoisotopic (exact) mass is 371 g/mol. The lowest BCUT2D eigenvalue weighted by Crippen LogP contribution is -2.06. The third-order valence-electron chi connectivity index (χ3n) is 3.56. The van der Waals surface area contributed by atoms with E-state index >= 15 is 0 Å². The molecule has 6 nitrogen and oxygen atoms in total. The summed E-state index contributed by atoms with van der Waals surface area (Å²) in [6.07, 6.45) is 2.74. The van der Waals surface area contributed by atoms with E-state index in [4.69, 9.17) is 9.15 Å². The van der Waals surface area contributed by atoms with E-state index in [9.17, 15) is 13.2 Å². The van der Waals surface area contributed by atoms with E-state index in [2.05, 4.69) is 4.98 Å². The molecule has 134 valence electrons. The Bertz CT molecular complexity index is 992. The molecule has 0 atom stereocenters. The van der Waals surface area contributed by atoms with Gasteiger partial charge in [0.05, 0.1) is 17.5 Å². The fourth-order valence-corrected chi connectivity index (χ4v) is 3.16.